The molecule has 0 aromatic rings. The first kappa shape index (κ1) is 7.84. The third-order valence-electron chi connectivity index (χ3n) is 1.73. The highest BCUT2D eigenvalue weighted by atomic mass is 16.2. The minimum atomic E-state index is -0.597. The Balaban J connectivity index is 2.59. The molecule has 1 aliphatic rings. The first-order chi connectivity index (χ1) is 5.13. The number of urea groups is 1. The maximum absolute atomic E-state index is 11.0. The van der Waals surface area contributed by atoms with Gasteiger partial charge in [-0.05, 0) is 6.42 Å². The molecule has 0 aromatic carbocycles. The largest absolute Gasteiger partial charge is 0.350 e. The second-order valence-corrected chi connectivity index (χ2v) is 2.48. The van der Waals surface area contributed by atoms with Gasteiger partial charge in [0.1, 0.15) is 0 Å². The van der Waals surface area contributed by atoms with Crippen LogP contribution in [0.2, 0.25) is 0 Å². The number of nitrogens with two attached hydrogens (primary N) is 1. The van der Waals surface area contributed by atoms with Gasteiger partial charge in [-0.25, -0.2) is 9.80 Å². The normalized spacial score (nSPS) is 17.2. The van der Waals surface area contributed by atoms with Gasteiger partial charge in [-0.3, -0.25) is 9.80 Å². The van der Waals surface area contributed by atoms with Crippen molar-refractivity contribution in [2.75, 3.05) is 13.6 Å². The van der Waals surface area contributed by atoms with E-state index in [0.717, 1.165) is 11.4 Å². The van der Waals surface area contributed by atoms with Crippen molar-refractivity contribution in [2.45, 2.75) is 12.8 Å². The van der Waals surface area contributed by atoms with Crippen LogP contribution in [-0.4, -0.2) is 35.5 Å². The van der Waals surface area contributed by atoms with Gasteiger partial charge in [0.15, 0.2) is 0 Å². The van der Waals surface area contributed by atoms with Crippen molar-refractivity contribution in [1.82, 2.24) is 10.0 Å². The zero-order valence-electron chi connectivity index (χ0n) is 6.41. The van der Waals surface area contributed by atoms with E-state index in [4.69, 9.17) is 5.73 Å². The van der Waals surface area contributed by atoms with Gasteiger partial charge in [-0.15, -0.1) is 0 Å². The van der Waals surface area contributed by atoms with Gasteiger partial charge >= 0.3 is 6.03 Å². The Bertz CT molecular complexity index is 192. The van der Waals surface area contributed by atoms with E-state index in [9.17, 15) is 9.59 Å². The Hall–Kier alpha value is -1.26. The highest BCUT2D eigenvalue weighted by molar-refractivity contribution is 5.81. The summed E-state index contributed by atoms with van der Waals surface area (Å²) in [6.07, 6.45) is 1.31. The quantitative estimate of drug-likeness (QED) is 0.559. The molecule has 1 rings (SSSR count). The van der Waals surface area contributed by atoms with Crippen LogP contribution in [0.1, 0.15) is 12.8 Å². The van der Waals surface area contributed by atoms with E-state index in [0.29, 0.717) is 13.0 Å². The summed E-state index contributed by atoms with van der Waals surface area (Å²) in [6.45, 7) is 0.596. The summed E-state index contributed by atoms with van der Waals surface area (Å²) in [5, 5.41) is 2.51. The van der Waals surface area contributed by atoms with E-state index in [1.54, 1.807) is 0 Å². The number of rotatable bonds is 1. The SMILES string of the molecule is CN(C(N)=O)N1CCCC1=O. The molecule has 0 aliphatic carbocycles. The van der Waals surface area contributed by atoms with Crippen LogP contribution in [0.15, 0.2) is 0 Å². The molecule has 0 radical (unpaired) electrons. The van der Waals surface area contributed by atoms with E-state index in [-0.39, 0.29) is 5.91 Å². The smallest absolute Gasteiger partial charge is 0.333 e. The molecule has 0 saturated carbocycles. The number of carbonyl (C=O) groups excluding carboxylic acids is 2. The molecule has 5 heteroatoms. The summed E-state index contributed by atoms with van der Waals surface area (Å²) in [6, 6.07) is -0.597. The van der Waals surface area contributed by atoms with Crippen LogP contribution in [0, 0.1) is 0 Å². The van der Waals surface area contributed by atoms with Crippen molar-refractivity contribution < 1.29 is 9.59 Å². The summed E-state index contributed by atoms with van der Waals surface area (Å²) >= 11 is 0. The molecule has 11 heavy (non-hydrogen) atoms. The minimum absolute atomic E-state index is 0.0358. The number of nitrogens with zero attached hydrogens (tertiary/aromatic N) is 2. The number of hydrogen-bond acceptors (Lipinski definition) is 2. The van der Waals surface area contributed by atoms with Crippen molar-refractivity contribution in [2.24, 2.45) is 5.73 Å². The van der Waals surface area contributed by atoms with Gasteiger partial charge in [0, 0.05) is 20.0 Å². The van der Waals surface area contributed by atoms with Crippen molar-refractivity contribution >= 4 is 11.9 Å². The summed E-state index contributed by atoms with van der Waals surface area (Å²) < 4.78 is 0. The monoisotopic (exact) mass is 157 g/mol. The fourth-order valence-corrected chi connectivity index (χ4v) is 1.07. The average Bonchev–Trinajstić information content (AvgIpc) is 2.33. The van der Waals surface area contributed by atoms with Crippen LogP contribution in [0.3, 0.4) is 0 Å². The maximum atomic E-state index is 11.0. The first-order valence-corrected chi connectivity index (χ1v) is 3.46. The van der Waals surface area contributed by atoms with Crippen molar-refractivity contribution in [3.8, 4) is 0 Å². The van der Waals surface area contributed by atoms with Gasteiger partial charge in [0.25, 0.3) is 0 Å². The first-order valence-electron chi connectivity index (χ1n) is 3.46. The lowest BCUT2D eigenvalue weighted by atomic mass is 10.4. The van der Waals surface area contributed by atoms with E-state index in [2.05, 4.69) is 0 Å². The molecule has 1 fully saturated rings. The lowest BCUT2D eigenvalue weighted by Crippen LogP contribution is -2.46. The third-order valence-corrected chi connectivity index (χ3v) is 1.73. The summed E-state index contributed by atoms with van der Waals surface area (Å²) in [7, 11) is 1.49. The molecule has 0 bridgehead atoms. The Morgan fingerprint density at radius 3 is 2.73 bits per heavy atom. The Morgan fingerprint density at radius 2 is 2.36 bits per heavy atom. The van der Waals surface area contributed by atoms with Crippen molar-refractivity contribution in [1.29, 1.82) is 0 Å². The highest BCUT2D eigenvalue weighted by Crippen LogP contribution is 2.10. The molecule has 62 valence electrons. The number of hydrogen-bond donors (Lipinski definition) is 1. The van der Waals surface area contributed by atoms with Gasteiger partial charge in [0.05, 0.1) is 0 Å². The molecule has 1 aliphatic heterocycles. The Labute approximate surface area is 64.7 Å². The summed E-state index contributed by atoms with van der Waals surface area (Å²) in [4.78, 5) is 21.6. The predicted molar refractivity (Wildman–Crippen MR) is 38.3 cm³/mol. The number of hydrazine groups is 1. The van der Waals surface area contributed by atoms with Gasteiger partial charge in [-0.1, -0.05) is 0 Å². The number of amides is 3. The Morgan fingerprint density at radius 1 is 1.73 bits per heavy atom. The average molecular weight is 157 g/mol. The van der Waals surface area contributed by atoms with E-state index in [1.807, 2.05) is 0 Å². The van der Waals surface area contributed by atoms with Crippen LogP contribution in [-0.2, 0) is 4.79 Å². The summed E-state index contributed by atoms with van der Waals surface area (Å²) in [5.41, 5.74) is 4.97. The molecule has 2 N–H and O–H groups in total. The molecule has 0 spiro atoms. The molecule has 1 saturated heterocycles. The highest BCUT2D eigenvalue weighted by Gasteiger charge is 2.25. The third kappa shape index (κ3) is 1.42. The van der Waals surface area contributed by atoms with Gasteiger partial charge in [-0.2, -0.15) is 0 Å². The van der Waals surface area contributed by atoms with E-state index >= 15 is 0 Å². The standard InChI is InChI=1S/C6H11N3O2/c1-8(6(7)11)9-4-2-3-5(9)10/h2-4H2,1H3,(H2,7,11). The second kappa shape index (κ2) is 2.77. The van der Waals surface area contributed by atoms with E-state index in [1.165, 1.54) is 12.1 Å². The molecule has 1 heterocycles. The van der Waals surface area contributed by atoms with Gasteiger partial charge < -0.3 is 5.73 Å². The zero-order valence-corrected chi connectivity index (χ0v) is 6.41. The number of carbonyl (C=O) groups is 2. The lowest BCUT2D eigenvalue weighted by Gasteiger charge is -2.25. The fraction of sp³-hybridized carbons (Fsp3) is 0.667. The lowest BCUT2D eigenvalue weighted by molar-refractivity contribution is -0.137. The van der Waals surface area contributed by atoms with Crippen LogP contribution < -0.4 is 5.73 Å². The molecule has 0 unspecified atom stereocenters. The maximum Gasteiger partial charge on any atom is 0.333 e. The zero-order chi connectivity index (χ0) is 8.43. The second-order valence-electron chi connectivity index (χ2n) is 2.48. The minimum Gasteiger partial charge on any atom is -0.350 e. The van der Waals surface area contributed by atoms with Crippen LogP contribution >= 0.6 is 0 Å². The molecule has 5 nitrogen and oxygen atoms in total. The molecule has 0 aromatic heterocycles. The fourth-order valence-electron chi connectivity index (χ4n) is 1.07. The van der Waals surface area contributed by atoms with Crippen molar-refractivity contribution in [3.63, 3.8) is 0 Å². The van der Waals surface area contributed by atoms with Crippen LogP contribution in [0.25, 0.3) is 0 Å². The number of primary amides is 1. The topological polar surface area (TPSA) is 66.6 Å². The molecular weight excluding hydrogens is 146 g/mol. The predicted octanol–water partition coefficient (Wildman–Crippen LogP) is -0.466. The molecule has 0 atom stereocenters. The molecular formula is C6H11N3O2. The van der Waals surface area contributed by atoms with Crippen LogP contribution in [0.4, 0.5) is 4.79 Å². The Kier molecular flexibility index (Phi) is 1.98. The molecule has 3 amide bonds. The van der Waals surface area contributed by atoms with Gasteiger partial charge in [0.2, 0.25) is 5.91 Å². The van der Waals surface area contributed by atoms with E-state index < -0.39 is 6.03 Å². The summed E-state index contributed by atoms with van der Waals surface area (Å²) in [5.74, 6) is -0.0358. The van der Waals surface area contributed by atoms with Crippen molar-refractivity contribution in [3.05, 3.63) is 0 Å². The van der Waals surface area contributed by atoms with Crippen LogP contribution in [0.5, 0.6) is 0 Å².